The molecule has 3 rings (SSSR count). The molecule has 0 aliphatic rings. The largest absolute Gasteiger partial charge is 0.480 e. The van der Waals surface area contributed by atoms with Crippen molar-refractivity contribution in [1.82, 2.24) is 9.44 Å². The highest BCUT2D eigenvalue weighted by molar-refractivity contribution is 7.87. The van der Waals surface area contributed by atoms with Gasteiger partial charge in [-0.3, -0.25) is 10.2 Å². The Kier molecular flexibility index (Phi) is 9.33. The average molecular weight is 556 g/mol. The van der Waals surface area contributed by atoms with Crippen LogP contribution in [0.1, 0.15) is 31.8 Å². The SMILES string of the molecule is N=C(N)Nc1ccc(C(=O)Oc2ccc(CNS(=O)(=O)NC(Cc3ccc(C(=O)O)cc3)C(=O)O)cc2)cc1. The molecule has 0 fully saturated rings. The zero-order chi connectivity index (χ0) is 28.6. The van der Waals surface area contributed by atoms with E-state index in [2.05, 4.69) is 14.8 Å². The van der Waals surface area contributed by atoms with Crippen LogP contribution in [0.3, 0.4) is 0 Å². The highest BCUT2D eigenvalue weighted by atomic mass is 32.2. The van der Waals surface area contributed by atoms with E-state index in [1.807, 2.05) is 0 Å². The van der Waals surface area contributed by atoms with Gasteiger partial charge in [-0.2, -0.15) is 17.9 Å². The summed E-state index contributed by atoms with van der Waals surface area (Å²) in [6, 6.07) is 16.1. The van der Waals surface area contributed by atoms with Crippen LogP contribution in [-0.2, 0) is 28.0 Å². The van der Waals surface area contributed by atoms with Crippen LogP contribution in [0.15, 0.2) is 72.8 Å². The summed E-state index contributed by atoms with van der Waals surface area (Å²) in [5, 5.41) is 28.2. The minimum atomic E-state index is -4.23. The zero-order valence-corrected chi connectivity index (χ0v) is 21.1. The lowest BCUT2D eigenvalue weighted by molar-refractivity contribution is -0.138. The number of carboxylic acids is 2. The molecule has 0 radical (unpaired) electrons. The number of hydrogen-bond donors (Lipinski definition) is 7. The lowest BCUT2D eigenvalue weighted by atomic mass is 10.0. The van der Waals surface area contributed by atoms with E-state index in [-0.39, 0.29) is 35.8 Å². The van der Waals surface area contributed by atoms with Gasteiger partial charge in [0.1, 0.15) is 11.8 Å². The molecular formula is C25H25N5O8S. The Morgan fingerprint density at radius 2 is 1.44 bits per heavy atom. The van der Waals surface area contributed by atoms with Gasteiger partial charge in [0.2, 0.25) is 0 Å². The van der Waals surface area contributed by atoms with Crippen molar-refractivity contribution in [1.29, 1.82) is 5.41 Å². The third kappa shape index (κ3) is 8.92. The molecule has 1 unspecified atom stereocenters. The molecular weight excluding hydrogens is 530 g/mol. The molecule has 14 heteroatoms. The summed E-state index contributed by atoms with van der Waals surface area (Å²) in [7, 11) is -4.23. The topological polar surface area (TPSA) is 221 Å². The van der Waals surface area contributed by atoms with Crippen LogP contribution in [0.4, 0.5) is 5.69 Å². The predicted octanol–water partition coefficient (Wildman–Crippen LogP) is 1.53. The van der Waals surface area contributed by atoms with Crippen molar-refractivity contribution >= 4 is 39.8 Å². The van der Waals surface area contributed by atoms with Gasteiger partial charge in [-0.05, 0) is 66.1 Å². The summed E-state index contributed by atoms with van der Waals surface area (Å²) in [6.45, 7) is -0.173. The Bertz CT molecular complexity index is 1460. The van der Waals surface area contributed by atoms with E-state index in [4.69, 9.17) is 21.0 Å². The summed E-state index contributed by atoms with van der Waals surface area (Å²) in [6.07, 6.45) is -0.202. The van der Waals surface area contributed by atoms with E-state index in [0.29, 0.717) is 16.8 Å². The van der Waals surface area contributed by atoms with E-state index in [0.717, 1.165) is 0 Å². The number of benzene rings is 3. The number of carboxylic acid groups (broad SMARTS) is 2. The van der Waals surface area contributed by atoms with Gasteiger partial charge in [0.05, 0.1) is 11.1 Å². The second-order valence-electron chi connectivity index (χ2n) is 8.19. The monoisotopic (exact) mass is 555 g/mol. The summed E-state index contributed by atoms with van der Waals surface area (Å²) in [4.78, 5) is 34.9. The van der Waals surface area contributed by atoms with Crippen molar-refractivity contribution in [2.24, 2.45) is 5.73 Å². The normalized spacial score (nSPS) is 11.8. The molecule has 0 aromatic heterocycles. The van der Waals surface area contributed by atoms with E-state index in [1.54, 1.807) is 12.1 Å². The molecule has 0 saturated heterocycles. The standard InChI is InChI=1S/C25H25N5O8S/c26-25(27)29-19-9-7-18(8-10-19)24(35)38-20-11-3-16(4-12-20)14-28-39(36,37)30-21(23(33)34)13-15-1-5-17(6-2-15)22(31)32/h1-12,21,28,30H,13-14H2,(H,31,32)(H,33,34)(H4,26,27,29). The number of hydrogen-bond acceptors (Lipinski definition) is 7. The van der Waals surface area contributed by atoms with Crippen LogP contribution >= 0.6 is 0 Å². The molecule has 0 spiro atoms. The van der Waals surface area contributed by atoms with Crippen molar-refractivity contribution in [3.05, 3.63) is 95.1 Å². The fraction of sp³-hybridized carbons (Fsp3) is 0.120. The number of carbonyl (C=O) groups is 3. The summed E-state index contributed by atoms with van der Waals surface area (Å²) in [5.74, 6) is -3.19. The molecule has 8 N–H and O–H groups in total. The van der Waals surface area contributed by atoms with Gasteiger partial charge >= 0.3 is 17.9 Å². The maximum absolute atomic E-state index is 12.4. The van der Waals surface area contributed by atoms with E-state index in [9.17, 15) is 27.9 Å². The van der Waals surface area contributed by atoms with Crippen LogP contribution in [0.25, 0.3) is 0 Å². The fourth-order valence-electron chi connectivity index (χ4n) is 3.29. The highest BCUT2D eigenvalue weighted by Crippen LogP contribution is 2.16. The van der Waals surface area contributed by atoms with Crippen LogP contribution in [0.2, 0.25) is 0 Å². The molecule has 1 atom stereocenters. The van der Waals surface area contributed by atoms with Gasteiger partial charge in [-0.1, -0.05) is 24.3 Å². The number of nitrogens with two attached hydrogens (primary N) is 1. The van der Waals surface area contributed by atoms with Crippen LogP contribution in [0, 0.1) is 5.41 Å². The number of ether oxygens (including phenoxy) is 1. The zero-order valence-electron chi connectivity index (χ0n) is 20.2. The van der Waals surface area contributed by atoms with Gasteiger partial charge < -0.3 is 26.0 Å². The average Bonchev–Trinajstić information content (AvgIpc) is 2.88. The first-order valence-electron chi connectivity index (χ1n) is 11.3. The third-order valence-corrected chi connectivity index (χ3v) is 6.36. The lowest BCUT2D eigenvalue weighted by Gasteiger charge is -2.16. The molecule has 204 valence electrons. The number of guanidine groups is 1. The van der Waals surface area contributed by atoms with Crippen molar-refractivity contribution in [2.75, 3.05) is 5.32 Å². The summed E-state index contributed by atoms with van der Waals surface area (Å²) < 4.78 is 34.5. The van der Waals surface area contributed by atoms with Crippen LogP contribution in [-0.4, -0.2) is 48.5 Å². The number of rotatable bonds is 12. The van der Waals surface area contributed by atoms with Gasteiger partial charge in [0, 0.05) is 12.2 Å². The fourth-order valence-corrected chi connectivity index (χ4v) is 4.29. The van der Waals surface area contributed by atoms with Crippen molar-refractivity contribution in [3.63, 3.8) is 0 Å². The van der Waals surface area contributed by atoms with Crippen molar-refractivity contribution in [2.45, 2.75) is 19.0 Å². The van der Waals surface area contributed by atoms with E-state index < -0.39 is 34.2 Å². The molecule has 39 heavy (non-hydrogen) atoms. The number of aliphatic carboxylic acids is 1. The smallest absolute Gasteiger partial charge is 0.343 e. The Labute approximate surface area is 223 Å². The third-order valence-electron chi connectivity index (χ3n) is 5.24. The first-order valence-corrected chi connectivity index (χ1v) is 12.7. The molecule has 3 aromatic rings. The maximum Gasteiger partial charge on any atom is 0.343 e. The predicted molar refractivity (Wildman–Crippen MR) is 141 cm³/mol. The quantitative estimate of drug-likeness (QED) is 0.0739. The molecule has 0 heterocycles. The second-order valence-corrected chi connectivity index (χ2v) is 9.72. The lowest BCUT2D eigenvalue weighted by Crippen LogP contribution is -2.47. The molecule has 0 saturated carbocycles. The highest BCUT2D eigenvalue weighted by Gasteiger charge is 2.24. The van der Waals surface area contributed by atoms with Gasteiger partial charge in [-0.15, -0.1) is 0 Å². The Morgan fingerprint density at radius 1 is 0.872 bits per heavy atom. The number of anilines is 1. The van der Waals surface area contributed by atoms with Gasteiger partial charge in [0.25, 0.3) is 10.2 Å². The Morgan fingerprint density at radius 3 is 1.97 bits per heavy atom. The minimum absolute atomic E-state index is 0.0195. The number of carbonyl (C=O) groups excluding carboxylic acids is 1. The first kappa shape index (κ1) is 28.8. The van der Waals surface area contributed by atoms with Crippen LogP contribution in [0.5, 0.6) is 5.75 Å². The van der Waals surface area contributed by atoms with Gasteiger partial charge in [-0.25, -0.2) is 9.59 Å². The van der Waals surface area contributed by atoms with Crippen molar-refractivity contribution < 1.29 is 37.8 Å². The maximum atomic E-state index is 12.4. The molecule has 3 aromatic carbocycles. The number of aromatic carboxylic acids is 1. The Balaban J connectivity index is 1.54. The van der Waals surface area contributed by atoms with E-state index in [1.165, 1.54) is 60.7 Å². The van der Waals surface area contributed by atoms with Crippen LogP contribution < -0.4 is 25.2 Å². The van der Waals surface area contributed by atoms with Gasteiger partial charge in [0.15, 0.2) is 5.96 Å². The summed E-state index contributed by atoms with van der Waals surface area (Å²) in [5.41, 5.74) is 7.01. The minimum Gasteiger partial charge on any atom is -0.480 e. The first-order chi connectivity index (χ1) is 18.4. The molecule has 0 aliphatic carbocycles. The number of nitrogens with one attached hydrogen (secondary N) is 4. The molecule has 13 nitrogen and oxygen atoms in total. The summed E-state index contributed by atoms with van der Waals surface area (Å²) >= 11 is 0. The number of esters is 1. The van der Waals surface area contributed by atoms with E-state index >= 15 is 0 Å². The second kappa shape index (κ2) is 12.6. The molecule has 0 aliphatic heterocycles. The van der Waals surface area contributed by atoms with Crippen molar-refractivity contribution in [3.8, 4) is 5.75 Å². The molecule has 0 amide bonds. The Hall–Kier alpha value is -4.79. The molecule has 0 bridgehead atoms.